The number of rotatable bonds is 6. The van der Waals surface area contributed by atoms with Crippen LogP contribution < -0.4 is 5.32 Å². The SMILES string of the molecule is COC(=O)c1ccc(CNC(=O)c2cn(CC3CCCO3)nn2)cc1. The Morgan fingerprint density at radius 3 is 2.84 bits per heavy atom. The number of aromatic nitrogens is 3. The van der Waals surface area contributed by atoms with E-state index in [4.69, 9.17) is 4.74 Å². The van der Waals surface area contributed by atoms with E-state index in [1.807, 2.05) is 0 Å². The second-order valence-corrected chi connectivity index (χ2v) is 5.83. The zero-order chi connectivity index (χ0) is 17.6. The first-order valence-corrected chi connectivity index (χ1v) is 8.13. The van der Waals surface area contributed by atoms with Crippen molar-refractivity contribution >= 4 is 11.9 Å². The van der Waals surface area contributed by atoms with Gasteiger partial charge in [-0.2, -0.15) is 0 Å². The molecule has 1 atom stereocenters. The summed E-state index contributed by atoms with van der Waals surface area (Å²) in [6, 6.07) is 6.85. The molecular weight excluding hydrogens is 324 g/mol. The molecule has 2 heterocycles. The lowest BCUT2D eigenvalue weighted by Crippen LogP contribution is -2.23. The molecule has 1 aliphatic rings. The van der Waals surface area contributed by atoms with E-state index in [0.717, 1.165) is 25.0 Å². The van der Waals surface area contributed by atoms with Gasteiger partial charge in [0.1, 0.15) is 0 Å². The Hall–Kier alpha value is -2.74. The van der Waals surface area contributed by atoms with Gasteiger partial charge in [0.05, 0.1) is 31.5 Å². The van der Waals surface area contributed by atoms with Gasteiger partial charge >= 0.3 is 5.97 Å². The van der Waals surface area contributed by atoms with E-state index in [1.165, 1.54) is 7.11 Å². The standard InChI is InChI=1S/C17H20N4O4/c1-24-17(23)13-6-4-12(5-7-13)9-18-16(22)15-11-21(20-19-15)10-14-3-2-8-25-14/h4-7,11,14H,2-3,8-10H2,1H3,(H,18,22). The van der Waals surface area contributed by atoms with Gasteiger partial charge in [0.15, 0.2) is 5.69 Å². The molecule has 8 nitrogen and oxygen atoms in total. The van der Waals surface area contributed by atoms with Crippen LogP contribution in [-0.4, -0.2) is 46.7 Å². The minimum atomic E-state index is -0.390. The molecule has 0 aliphatic carbocycles. The van der Waals surface area contributed by atoms with Gasteiger partial charge in [0.25, 0.3) is 5.91 Å². The minimum Gasteiger partial charge on any atom is -0.465 e. The maximum Gasteiger partial charge on any atom is 0.337 e. The summed E-state index contributed by atoms with van der Waals surface area (Å²) in [7, 11) is 1.34. The van der Waals surface area contributed by atoms with Crippen molar-refractivity contribution in [1.29, 1.82) is 0 Å². The predicted molar refractivity (Wildman–Crippen MR) is 87.9 cm³/mol. The van der Waals surface area contributed by atoms with Gasteiger partial charge in [-0.3, -0.25) is 4.79 Å². The first-order valence-electron chi connectivity index (χ1n) is 8.13. The van der Waals surface area contributed by atoms with Crippen LogP contribution in [0, 0.1) is 0 Å². The number of benzene rings is 1. The largest absolute Gasteiger partial charge is 0.465 e. The molecule has 1 fully saturated rings. The number of nitrogens with one attached hydrogen (secondary N) is 1. The summed E-state index contributed by atoms with van der Waals surface area (Å²) >= 11 is 0. The van der Waals surface area contributed by atoms with E-state index < -0.39 is 5.97 Å². The Morgan fingerprint density at radius 2 is 2.16 bits per heavy atom. The lowest BCUT2D eigenvalue weighted by Gasteiger charge is -2.07. The van der Waals surface area contributed by atoms with Crippen molar-refractivity contribution in [2.75, 3.05) is 13.7 Å². The second kappa shape index (κ2) is 7.89. The van der Waals surface area contributed by atoms with Crippen LogP contribution in [0.1, 0.15) is 39.3 Å². The van der Waals surface area contributed by atoms with Gasteiger partial charge in [-0.1, -0.05) is 17.3 Å². The van der Waals surface area contributed by atoms with Crippen molar-refractivity contribution in [2.45, 2.75) is 32.0 Å². The fourth-order valence-corrected chi connectivity index (χ4v) is 2.64. The fraction of sp³-hybridized carbons (Fsp3) is 0.412. The molecule has 0 spiro atoms. The molecule has 25 heavy (non-hydrogen) atoms. The Balaban J connectivity index is 1.52. The topological polar surface area (TPSA) is 95.3 Å². The van der Waals surface area contributed by atoms with Crippen LogP contribution in [0.3, 0.4) is 0 Å². The van der Waals surface area contributed by atoms with Gasteiger partial charge < -0.3 is 14.8 Å². The van der Waals surface area contributed by atoms with Crippen molar-refractivity contribution in [1.82, 2.24) is 20.3 Å². The molecule has 3 rings (SSSR count). The Morgan fingerprint density at radius 1 is 1.36 bits per heavy atom. The quantitative estimate of drug-likeness (QED) is 0.791. The average Bonchev–Trinajstić information content (AvgIpc) is 3.32. The highest BCUT2D eigenvalue weighted by atomic mass is 16.5. The molecule has 132 valence electrons. The maximum absolute atomic E-state index is 12.2. The van der Waals surface area contributed by atoms with E-state index in [1.54, 1.807) is 35.1 Å². The molecule has 1 aliphatic heterocycles. The smallest absolute Gasteiger partial charge is 0.337 e. The van der Waals surface area contributed by atoms with Crippen molar-refractivity contribution in [3.63, 3.8) is 0 Å². The number of esters is 1. The summed E-state index contributed by atoms with van der Waals surface area (Å²) in [4.78, 5) is 23.5. The number of carbonyl (C=O) groups is 2. The Bertz CT molecular complexity index is 735. The number of methoxy groups -OCH3 is 1. The first kappa shape index (κ1) is 17.1. The molecule has 0 radical (unpaired) electrons. The van der Waals surface area contributed by atoms with Gasteiger partial charge in [0.2, 0.25) is 0 Å². The zero-order valence-electron chi connectivity index (χ0n) is 14.0. The van der Waals surface area contributed by atoms with E-state index in [9.17, 15) is 9.59 Å². The summed E-state index contributed by atoms with van der Waals surface area (Å²) < 4.78 is 11.8. The van der Waals surface area contributed by atoms with Crippen molar-refractivity contribution in [2.24, 2.45) is 0 Å². The normalized spacial score (nSPS) is 16.6. The number of hydrogen-bond donors (Lipinski definition) is 1. The van der Waals surface area contributed by atoms with E-state index in [0.29, 0.717) is 18.7 Å². The monoisotopic (exact) mass is 344 g/mol. The van der Waals surface area contributed by atoms with Crippen molar-refractivity contribution in [3.8, 4) is 0 Å². The third kappa shape index (κ3) is 4.42. The van der Waals surface area contributed by atoms with Crippen LogP contribution in [0.5, 0.6) is 0 Å². The fourth-order valence-electron chi connectivity index (χ4n) is 2.64. The lowest BCUT2D eigenvalue weighted by atomic mass is 10.1. The number of ether oxygens (including phenoxy) is 2. The van der Waals surface area contributed by atoms with Crippen LogP contribution in [0.25, 0.3) is 0 Å². The maximum atomic E-state index is 12.2. The molecule has 1 N–H and O–H groups in total. The molecular formula is C17H20N4O4. The molecule has 1 amide bonds. The van der Waals surface area contributed by atoms with Gasteiger partial charge in [-0.05, 0) is 30.5 Å². The summed E-state index contributed by atoms with van der Waals surface area (Å²) in [5, 5.41) is 10.7. The third-order valence-electron chi connectivity index (χ3n) is 4.01. The summed E-state index contributed by atoms with van der Waals surface area (Å²) in [6.45, 7) is 1.72. The highest BCUT2D eigenvalue weighted by Crippen LogP contribution is 2.13. The first-order chi connectivity index (χ1) is 12.2. The number of nitrogens with zero attached hydrogens (tertiary/aromatic N) is 3. The van der Waals surface area contributed by atoms with Crippen LogP contribution >= 0.6 is 0 Å². The molecule has 1 aromatic heterocycles. The molecule has 0 bridgehead atoms. The molecule has 2 aromatic rings. The van der Waals surface area contributed by atoms with E-state index >= 15 is 0 Å². The van der Waals surface area contributed by atoms with Crippen molar-refractivity contribution in [3.05, 3.63) is 47.3 Å². The number of carbonyl (C=O) groups excluding carboxylic acids is 2. The number of amides is 1. The van der Waals surface area contributed by atoms with E-state index in [-0.39, 0.29) is 17.7 Å². The van der Waals surface area contributed by atoms with Crippen LogP contribution in [-0.2, 0) is 22.6 Å². The highest BCUT2D eigenvalue weighted by molar-refractivity contribution is 5.92. The van der Waals surface area contributed by atoms with Gasteiger partial charge in [0, 0.05) is 13.2 Å². The summed E-state index contributed by atoms with van der Waals surface area (Å²) in [5.41, 5.74) is 1.60. The Kier molecular flexibility index (Phi) is 5.39. The van der Waals surface area contributed by atoms with Crippen LogP contribution in [0.2, 0.25) is 0 Å². The zero-order valence-corrected chi connectivity index (χ0v) is 14.0. The van der Waals surface area contributed by atoms with Gasteiger partial charge in [-0.15, -0.1) is 5.10 Å². The molecule has 0 saturated carbocycles. The third-order valence-corrected chi connectivity index (χ3v) is 4.01. The van der Waals surface area contributed by atoms with Crippen LogP contribution in [0.4, 0.5) is 0 Å². The Labute approximate surface area is 145 Å². The minimum absolute atomic E-state index is 0.144. The van der Waals surface area contributed by atoms with Crippen molar-refractivity contribution < 1.29 is 19.1 Å². The highest BCUT2D eigenvalue weighted by Gasteiger charge is 2.18. The van der Waals surface area contributed by atoms with E-state index in [2.05, 4.69) is 20.4 Å². The average molecular weight is 344 g/mol. The van der Waals surface area contributed by atoms with Crippen LogP contribution in [0.15, 0.2) is 30.5 Å². The summed E-state index contributed by atoms with van der Waals surface area (Å²) in [5.74, 6) is -0.686. The summed E-state index contributed by atoms with van der Waals surface area (Å²) in [6.07, 6.45) is 3.83. The van der Waals surface area contributed by atoms with Gasteiger partial charge in [-0.25, -0.2) is 9.48 Å². The predicted octanol–water partition coefficient (Wildman–Crippen LogP) is 1.17. The number of hydrogen-bond acceptors (Lipinski definition) is 6. The second-order valence-electron chi connectivity index (χ2n) is 5.83. The molecule has 1 aromatic carbocycles. The molecule has 1 saturated heterocycles. The lowest BCUT2D eigenvalue weighted by molar-refractivity contribution is 0.0600. The molecule has 1 unspecified atom stereocenters. The molecule has 8 heteroatoms.